The van der Waals surface area contributed by atoms with Gasteiger partial charge in [-0.05, 0) is 36.5 Å². The average Bonchev–Trinajstić information content (AvgIpc) is 2.13. The van der Waals surface area contributed by atoms with Crippen LogP contribution in [0.4, 0.5) is 11.4 Å². The number of aryl methyl sites for hydroxylation is 1. The highest BCUT2D eigenvalue weighted by Crippen LogP contribution is 2.22. The van der Waals surface area contributed by atoms with Gasteiger partial charge in [0.25, 0.3) is 0 Å². The summed E-state index contributed by atoms with van der Waals surface area (Å²) < 4.78 is 0. The lowest BCUT2D eigenvalue weighted by molar-refractivity contribution is 0.132. The van der Waals surface area contributed by atoms with Crippen molar-refractivity contribution in [2.75, 3.05) is 17.6 Å². The lowest BCUT2D eigenvalue weighted by Gasteiger charge is -2.23. The fraction of sp³-hybridized carbons (Fsp3) is 0.571. The number of hydrogen-bond acceptors (Lipinski definition) is 3. The van der Waals surface area contributed by atoms with Crippen LogP contribution in [-0.4, -0.2) is 17.8 Å². The number of aliphatic hydroxyl groups excluding tert-OH is 1. The highest BCUT2D eigenvalue weighted by Gasteiger charge is 2.16. The summed E-state index contributed by atoms with van der Waals surface area (Å²) in [6.45, 7) is 8.91. The van der Waals surface area contributed by atoms with E-state index in [4.69, 9.17) is 5.73 Å². The van der Waals surface area contributed by atoms with Gasteiger partial charge in [0.2, 0.25) is 0 Å². The minimum Gasteiger partial charge on any atom is -0.397 e. The van der Waals surface area contributed by atoms with Crippen molar-refractivity contribution in [3.63, 3.8) is 0 Å². The number of rotatable bonds is 4. The van der Waals surface area contributed by atoms with E-state index in [0.29, 0.717) is 6.54 Å². The van der Waals surface area contributed by atoms with Crippen molar-refractivity contribution >= 4 is 11.4 Å². The van der Waals surface area contributed by atoms with Crippen molar-refractivity contribution in [2.24, 2.45) is 5.41 Å². The maximum absolute atomic E-state index is 9.89. The molecule has 1 rings (SSSR count). The molecule has 3 heteroatoms. The van der Waals surface area contributed by atoms with Gasteiger partial charge in [-0.1, -0.05) is 26.8 Å². The molecule has 0 amide bonds. The average molecular weight is 236 g/mol. The predicted octanol–water partition coefficient (Wildman–Crippen LogP) is 2.79. The van der Waals surface area contributed by atoms with Gasteiger partial charge in [0.15, 0.2) is 0 Å². The van der Waals surface area contributed by atoms with Crippen LogP contribution in [0.15, 0.2) is 18.2 Å². The Hall–Kier alpha value is -1.22. The first-order valence-corrected chi connectivity index (χ1v) is 6.06. The molecule has 0 saturated carbocycles. The Balaban J connectivity index is 2.50. The number of benzene rings is 1. The Morgan fingerprint density at radius 1 is 1.35 bits per heavy atom. The molecule has 3 nitrogen and oxygen atoms in total. The molecule has 96 valence electrons. The summed E-state index contributed by atoms with van der Waals surface area (Å²) in [7, 11) is 0. The van der Waals surface area contributed by atoms with Crippen molar-refractivity contribution in [3.8, 4) is 0 Å². The van der Waals surface area contributed by atoms with Crippen LogP contribution in [0.3, 0.4) is 0 Å². The number of hydrogen-bond donors (Lipinski definition) is 3. The van der Waals surface area contributed by atoms with Crippen LogP contribution in [0, 0.1) is 12.3 Å². The Labute approximate surface area is 104 Å². The maximum Gasteiger partial charge on any atom is 0.0717 e. The third-order valence-electron chi connectivity index (χ3n) is 2.58. The lowest BCUT2D eigenvalue weighted by Crippen LogP contribution is -2.25. The van der Waals surface area contributed by atoms with Crippen molar-refractivity contribution < 1.29 is 5.11 Å². The molecule has 1 unspecified atom stereocenters. The SMILES string of the molecule is Cc1ccc(NCC(O)CC(C)(C)C)c(N)c1. The molecule has 0 aromatic heterocycles. The molecular weight excluding hydrogens is 212 g/mol. The summed E-state index contributed by atoms with van der Waals surface area (Å²) >= 11 is 0. The first-order chi connectivity index (χ1) is 7.78. The van der Waals surface area contributed by atoms with Crippen molar-refractivity contribution in [1.82, 2.24) is 0 Å². The highest BCUT2D eigenvalue weighted by atomic mass is 16.3. The summed E-state index contributed by atoms with van der Waals surface area (Å²) in [6.07, 6.45) is 0.418. The van der Waals surface area contributed by atoms with Gasteiger partial charge in [-0.2, -0.15) is 0 Å². The van der Waals surface area contributed by atoms with E-state index in [1.54, 1.807) is 0 Å². The van der Waals surface area contributed by atoms with Crippen LogP contribution in [0.1, 0.15) is 32.8 Å². The molecule has 4 N–H and O–H groups in total. The fourth-order valence-corrected chi connectivity index (χ4v) is 1.85. The fourth-order valence-electron chi connectivity index (χ4n) is 1.85. The van der Waals surface area contributed by atoms with Crippen molar-refractivity contribution in [1.29, 1.82) is 0 Å². The predicted molar refractivity (Wildman–Crippen MR) is 74.2 cm³/mol. The van der Waals surface area contributed by atoms with Gasteiger partial charge in [-0.3, -0.25) is 0 Å². The monoisotopic (exact) mass is 236 g/mol. The summed E-state index contributed by atoms with van der Waals surface area (Å²) in [5, 5.41) is 13.1. The van der Waals surface area contributed by atoms with Gasteiger partial charge in [0.05, 0.1) is 17.5 Å². The number of nitrogens with two attached hydrogens (primary N) is 1. The van der Waals surface area contributed by atoms with E-state index in [9.17, 15) is 5.11 Å². The summed E-state index contributed by atoms with van der Waals surface area (Å²) in [6, 6.07) is 5.89. The molecule has 1 aromatic carbocycles. The van der Waals surface area contributed by atoms with Gasteiger partial charge in [-0.15, -0.1) is 0 Å². The van der Waals surface area contributed by atoms with Crippen LogP contribution >= 0.6 is 0 Å². The second-order valence-corrected chi connectivity index (χ2v) is 5.89. The molecule has 0 spiro atoms. The molecule has 1 atom stereocenters. The van der Waals surface area contributed by atoms with Crippen molar-refractivity contribution in [3.05, 3.63) is 23.8 Å². The standard InChI is InChI=1S/C14H24N2O/c1-10-5-6-13(12(15)7-10)16-9-11(17)8-14(2,3)4/h5-7,11,16-17H,8-9,15H2,1-4H3. The second kappa shape index (κ2) is 5.41. The molecule has 0 radical (unpaired) electrons. The van der Waals surface area contributed by atoms with Crippen LogP contribution in [-0.2, 0) is 0 Å². The molecular formula is C14H24N2O. The Morgan fingerprint density at radius 3 is 2.53 bits per heavy atom. The van der Waals surface area contributed by atoms with E-state index in [1.807, 2.05) is 25.1 Å². The summed E-state index contributed by atoms with van der Waals surface area (Å²) in [4.78, 5) is 0. The van der Waals surface area contributed by atoms with Crippen LogP contribution in [0.5, 0.6) is 0 Å². The molecule has 0 heterocycles. The normalized spacial score (nSPS) is 13.5. The molecule has 1 aromatic rings. The Kier molecular flexibility index (Phi) is 4.40. The number of nitrogens with one attached hydrogen (secondary N) is 1. The van der Waals surface area contributed by atoms with Crippen LogP contribution in [0.2, 0.25) is 0 Å². The van der Waals surface area contributed by atoms with Crippen LogP contribution in [0.25, 0.3) is 0 Å². The smallest absolute Gasteiger partial charge is 0.0717 e. The molecule has 17 heavy (non-hydrogen) atoms. The maximum atomic E-state index is 9.89. The number of anilines is 2. The lowest BCUT2D eigenvalue weighted by atomic mass is 9.89. The first kappa shape index (κ1) is 13.8. The third kappa shape index (κ3) is 5.09. The summed E-state index contributed by atoms with van der Waals surface area (Å²) in [5.41, 5.74) is 8.79. The zero-order valence-electron chi connectivity index (χ0n) is 11.2. The van der Waals surface area contributed by atoms with Gasteiger partial charge in [0, 0.05) is 6.54 Å². The minimum atomic E-state index is -0.351. The zero-order chi connectivity index (χ0) is 13.1. The Morgan fingerprint density at radius 2 is 2.00 bits per heavy atom. The van der Waals surface area contributed by atoms with Gasteiger partial charge in [-0.25, -0.2) is 0 Å². The molecule has 0 bridgehead atoms. The second-order valence-electron chi connectivity index (χ2n) is 5.89. The summed E-state index contributed by atoms with van der Waals surface area (Å²) in [5.74, 6) is 0. The molecule has 0 saturated heterocycles. The quantitative estimate of drug-likeness (QED) is 0.705. The minimum absolute atomic E-state index is 0.139. The third-order valence-corrected chi connectivity index (χ3v) is 2.58. The van der Waals surface area contributed by atoms with Gasteiger partial charge in [0.1, 0.15) is 0 Å². The van der Waals surface area contributed by atoms with E-state index in [2.05, 4.69) is 26.1 Å². The number of aliphatic hydroxyl groups is 1. The van der Waals surface area contributed by atoms with E-state index in [1.165, 1.54) is 0 Å². The van der Waals surface area contributed by atoms with E-state index >= 15 is 0 Å². The molecule has 0 aliphatic heterocycles. The van der Waals surface area contributed by atoms with Gasteiger partial charge < -0.3 is 16.2 Å². The molecule has 0 aliphatic rings. The topological polar surface area (TPSA) is 58.3 Å². The van der Waals surface area contributed by atoms with E-state index in [-0.39, 0.29) is 11.5 Å². The number of nitrogen functional groups attached to an aromatic ring is 1. The zero-order valence-corrected chi connectivity index (χ0v) is 11.2. The Bertz CT molecular complexity index is 369. The first-order valence-electron chi connectivity index (χ1n) is 6.06. The van der Waals surface area contributed by atoms with E-state index < -0.39 is 0 Å². The van der Waals surface area contributed by atoms with Gasteiger partial charge >= 0.3 is 0 Å². The largest absolute Gasteiger partial charge is 0.397 e. The molecule has 0 fully saturated rings. The molecule has 0 aliphatic carbocycles. The van der Waals surface area contributed by atoms with Crippen LogP contribution < -0.4 is 11.1 Å². The van der Waals surface area contributed by atoms with E-state index in [0.717, 1.165) is 23.4 Å². The highest BCUT2D eigenvalue weighted by molar-refractivity contribution is 5.66. The van der Waals surface area contributed by atoms with Crippen molar-refractivity contribution in [2.45, 2.75) is 40.2 Å².